The molecule has 0 aromatic heterocycles. The van der Waals surface area contributed by atoms with E-state index in [0.717, 1.165) is 13.8 Å². The van der Waals surface area contributed by atoms with Crippen LogP contribution < -0.4 is 16.8 Å². The molecule has 0 radical (unpaired) electrons. The van der Waals surface area contributed by atoms with Crippen LogP contribution in [0.15, 0.2) is 4.99 Å². The zero-order valence-corrected chi connectivity index (χ0v) is 15.7. The molecule has 13 nitrogen and oxygen atoms in total. The number of carboxylic acids is 1. The molecule has 1 heterocycles. The van der Waals surface area contributed by atoms with Gasteiger partial charge in [-0.15, -0.1) is 0 Å². The minimum absolute atomic E-state index is 0.382. The van der Waals surface area contributed by atoms with Crippen molar-refractivity contribution in [2.24, 2.45) is 22.4 Å². The van der Waals surface area contributed by atoms with Gasteiger partial charge >= 0.3 is 5.97 Å². The number of nitrogens with two attached hydrogens (primary N) is 2. The molecular formula is C15H28N4O9. The first-order valence-corrected chi connectivity index (χ1v) is 8.34. The van der Waals surface area contributed by atoms with Crippen molar-refractivity contribution in [3.8, 4) is 0 Å². The number of rotatable bonds is 7. The standard InChI is InChI=1S/C15H28N4O9/c1-6-9(23)13(2,19-8(22)4-18-12(16)17)14(3,10(24)7(21)5-20)28-15(6,27)11(25)26/h6-7,9-10,20-21,23-24,27H,4-5H2,1-3H3,(H,19,22)(H,25,26)(H4,16,17,18). The minimum Gasteiger partial charge on any atom is -0.477 e. The van der Waals surface area contributed by atoms with Gasteiger partial charge in [0.25, 0.3) is 5.79 Å². The van der Waals surface area contributed by atoms with Gasteiger partial charge in [0.05, 0.1) is 24.2 Å². The Morgan fingerprint density at radius 3 is 2.25 bits per heavy atom. The van der Waals surface area contributed by atoms with E-state index in [1.165, 1.54) is 6.92 Å². The zero-order valence-electron chi connectivity index (χ0n) is 15.7. The summed E-state index contributed by atoms with van der Waals surface area (Å²) in [5.74, 6) is -7.51. The second kappa shape index (κ2) is 8.14. The molecular weight excluding hydrogens is 380 g/mol. The summed E-state index contributed by atoms with van der Waals surface area (Å²) in [5, 5.41) is 62.6. The second-order valence-corrected chi connectivity index (χ2v) is 7.13. The fraction of sp³-hybridized carbons (Fsp3) is 0.800. The molecule has 0 aliphatic carbocycles. The van der Waals surface area contributed by atoms with Crippen LogP contribution in [0.5, 0.6) is 0 Å². The Hall–Kier alpha value is -2.03. The Morgan fingerprint density at radius 1 is 1.29 bits per heavy atom. The van der Waals surface area contributed by atoms with Gasteiger partial charge in [-0.05, 0) is 13.8 Å². The molecule has 1 aliphatic heterocycles. The highest BCUT2D eigenvalue weighted by Crippen LogP contribution is 2.47. The van der Waals surface area contributed by atoms with E-state index in [1.54, 1.807) is 0 Å². The Balaban J connectivity index is 3.48. The van der Waals surface area contributed by atoms with Crippen molar-refractivity contribution in [2.75, 3.05) is 13.2 Å². The summed E-state index contributed by atoms with van der Waals surface area (Å²) in [4.78, 5) is 27.3. The third-order valence-electron chi connectivity index (χ3n) is 5.31. The van der Waals surface area contributed by atoms with E-state index in [-0.39, 0.29) is 5.96 Å². The van der Waals surface area contributed by atoms with E-state index in [9.17, 15) is 35.1 Å². The van der Waals surface area contributed by atoms with Crippen LogP contribution in [0.25, 0.3) is 0 Å². The normalized spacial score (nSPS) is 37.6. The molecule has 162 valence electrons. The summed E-state index contributed by atoms with van der Waals surface area (Å²) < 4.78 is 5.31. The van der Waals surface area contributed by atoms with Gasteiger partial charge in [-0.1, -0.05) is 6.92 Å². The van der Waals surface area contributed by atoms with Crippen LogP contribution in [0, 0.1) is 5.92 Å². The SMILES string of the molecule is CC1C(O)C(C)(NC(=O)CN=C(N)N)C(C)(C(O)C(O)CO)OC1(O)C(=O)O. The lowest BCUT2D eigenvalue weighted by atomic mass is 9.65. The molecule has 0 saturated carbocycles. The molecule has 7 atom stereocenters. The Morgan fingerprint density at radius 2 is 1.82 bits per heavy atom. The molecule has 1 fully saturated rings. The fourth-order valence-electron chi connectivity index (χ4n) is 3.29. The molecule has 1 aliphatic rings. The number of aliphatic carboxylic acids is 1. The first-order chi connectivity index (χ1) is 12.7. The molecule has 0 aromatic rings. The van der Waals surface area contributed by atoms with Crippen molar-refractivity contribution in [1.82, 2.24) is 5.32 Å². The quantitative estimate of drug-likeness (QED) is 0.143. The Kier molecular flexibility index (Phi) is 6.98. The van der Waals surface area contributed by atoms with E-state index in [2.05, 4.69) is 10.3 Å². The molecule has 0 aromatic carbocycles. The highest BCUT2D eigenvalue weighted by Gasteiger charge is 2.69. The van der Waals surface area contributed by atoms with Crippen LogP contribution in [-0.2, 0) is 14.3 Å². The molecule has 0 bridgehead atoms. The number of amides is 1. The van der Waals surface area contributed by atoms with Gasteiger partial charge in [0.1, 0.15) is 24.4 Å². The predicted octanol–water partition coefficient (Wildman–Crippen LogP) is -4.59. The van der Waals surface area contributed by atoms with E-state index in [1.807, 2.05) is 0 Å². The van der Waals surface area contributed by atoms with Gasteiger partial charge in [-0.25, -0.2) is 9.79 Å². The number of nitrogens with zero attached hydrogens (tertiary/aromatic N) is 1. The van der Waals surface area contributed by atoms with E-state index < -0.39 is 66.2 Å². The molecule has 13 heteroatoms. The first kappa shape index (κ1) is 24.0. The van der Waals surface area contributed by atoms with Crippen LogP contribution in [0.3, 0.4) is 0 Å². The highest BCUT2D eigenvalue weighted by atomic mass is 16.7. The smallest absolute Gasteiger partial charge is 0.364 e. The number of guanidine groups is 1. The maximum absolute atomic E-state index is 12.2. The van der Waals surface area contributed by atoms with Crippen LogP contribution in [0.2, 0.25) is 0 Å². The van der Waals surface area contributed by atoms with Gasteiger partial charge in [-0.3, -0.25) is 4.79 Å². The van der Waals surface area contributed by atoms with E-state index in [0.29, 0.717) is 0 Å². The van der Waals surface area contributed by atoms with Crippen molar-refractivity contribution in [3.63, 3.8) is 0 Å². The van der Waals surface area contributed by atoms with Crippen LogP contribution in [-0.4, -0.2) is 96.9 Å². The summed E-state index contributed by atoms with van der Waals surface area (Å²) in [7, 11) is 0. The number of hydrogen-bond donors (Lipinski definition) is 9. The number of carboxylic acid groups (broad SMARTS) is 1. The second-order valence-electron chi connectivity index (χ2n) is 7.13. The summed E-state index contributed by atoms with van der Waals surface area (Å²) in [6, 6.07) is 0. The monoisotopic (exact) mass is 408 g/mol. The largest absolute Gasteiger partial charge is 0.477 e. The highest BCUT2D eigenvalue weighted by molar-refractivity contribution is 5.84. The maximum atomic E-state index is 12.2. The molecule has 0 spiro atoms. The number of carbonyl (C=O) groups is 2. The average molecular weight is 408 g/mol. The lowest BCUT2D eigenvalue weighted by molar-refractivity contribution is -0.365. The minimum atomic E-state index is -2.96. The molecule has 11 N–H and O–H groups in total. The molecule has 1 rings (SSSR count). The topological polar surface area (TPSA) is 241 Å². The summed E-state index contributed by atoms with van der Waals surface area (Å²) in [6.45, 7) is 1.94. The maximum Gasteiger partial charge on any atom is 0.364 e. The van der Waals surface area contributed by atoms with Gasteiger partial charge < -0.3 is 52.2 Å². The number of nitrogens with one attached hydrogen (secondary N) is 1. The zero-order chi connectivity index (χ0) is 22.1. The number of carbonyl (C=O) groups excluding carboxylic acids is 1. The summed E-state index contributed by atoms with van der Waals surface area (Å²) in [6.07, 6.45) is -5.66. The Bertz CT molecular complexity index is 643. The van der Waals surface area contributed by atoms with E-state index >= 15 is 0 Å². The molecule has 1 amide bonds. The third kappa shape index (κ3) is 3.90. The first-order valence-electron chi connectivity index (χ1n) is 8.34. The number of ether oxygens (including phenoxy) is 1. The van der Waals surface area contributed by atoms with Gasteiger partial charge in [-0.2, -0.15) is 0 Å². The van der Waals surface area contributed by atoms with Crippen molar-refractivity contribution >= 4 is 17.8 Å². The molecule has 7 unspecified atom stereocenters. The van der Waals surface area contributed by atoms with Gasteiger partial charge in [0, 0.05) is 0 Å². The summed E-state index contributed by atoms with van der Waals surface area (Å²) >= 11 is 0. The number of hydrogen-bond acceptors (Lipinski definition) is 9. The van der Waals surface area contributed by atoms with Gasteiger partial charge in [0.15, 0.2) is 5.96 Å². The summed E-state index contributed by atoms with van der Waals surface area (Å²) in [5.41, 5.74) is 6.10. The molecule has 1 saturated heterocycles. The lowest BCUT2D eigenvalue weighted by Gasteiger charge is -2.59. The van der Waals surface area contributed by atoms with Crippen LogP contribution >= 0.6 is 0 Å². The lowest BCUT2D eigenvalue weighted by Crippen LogP contribution is -2.82. The third-order valence-corrected chi connectivity index (χ3v) is 5.31. The van der Waals surface area contributed by atoms with Crippen molar-refractivity contribution in [1.29, 1.82) is 0 Å². The van der Waals surface area contributed by atoms with Crippen molar-refractivity contribution in [3.05, 3.63) is 0 Å². The van der Waals surface area contributed by atoms with Crippen molar-refractivity contribution in [2.45, 2.75) is 56.0 Å². The van der Waals surface area contributed by atoms with Gasteiger partial charge in [0.2, 0.25) is 5.91 Å². The van der Waals surface area contributed by atoms with Crippen LogP contribution in [0.4, 0.5) is 0 Å². The average Bonchev–Trinajstić information content (AvgIpc) is 2.61. The number of aliphatic hydroxyl groups excluding tert-OH is 4. The number of aliphatic imine (C=N–C) groups is 1. The fourth-order valence-corrected chi connectivity index (χ4v) is 3.29. The van der Waals surface area contributed by atoms with E-state index in [4.69, 9.17) is 21.3 Å². The van der Waals surface area contributed by atoms with Crippen molar-refractivity contribution < 1.29 is 45.0 Å². The predicted molar refractivity (Wildman–Crippen MR) is 93.6 cm³/mol. The van der Waals surface area contributed by atoms with Crippen LogP contribution in [0.1, 0.15) is 20.8 Å². The Labute approximate surface area is 160 Å². The molecule has 28 heavy (non-hydrogen) atoms. The number of aliphatic hydroxyl groups is 5.